The number of Topliss-reactive ketones (excluding diaryl/α,β-unsaturated/α-hetero) is 1. The van der Waals surface area contributed by atoms with E-state index < -0.39 is 11.1 Å². The zero-order valence-corrected chi connectivity index (χ0v) is 8.59. The van der Waals surface area contributed by atoms with Crippen molar-refractivity contribution in [3.8, 4) is 0 Å². The third kappa shape index (κ3) is 2.54. The molecule has 1 rings (SSSR count). The molecule has 6 heteroatoms. The fourth-order valence-corrected chi connectivity index (χ4v) is 1.81. The average Bonchev–Trinajstić information content (AvgIpc) is 2.50. The maximum absolute atomic E-state index is 12.1. The number of halogens is 4. The van der Waals surface area contributed by atoms with Crippen LogP contribution in [0.1, 0.15) is 15.2 Å². The Balaban J connectivity index is 2.93. The van der Waals surface area contributed by atoms with Gasteiger partial charge in [0.15, 0.2) is 5.78 Å². The van der Waals surface area contributed by atoms with Gasteiger partial charge < -0.3 is 0 Å². The van der Waals surface area contributed by atoms with Gasteiger partial charge in [0.05, 0.1) is 5.33 Å². The molecule has 0 amide bonds. The molecule has 0 saturated carbocycles. The minimum absolute atomic E-state index is 0.0427. The van der Waals surface area contributed by atoms with E-state index in [9.17, 15) is 18.0 Å². The summed E-state index contributed by atoms with van der Waals surface area (Å²) < 4.78 is 36.2. The van der Waals surface area contributed by atoms with Gasteiger partial charge in [0, 0.05) is 10.9 Å². The van der Waals surface area contributed by atoms with Crippen LogP contribution in [0.3, 0.4) is 0 Å². The number of alkyl halides is 4. The SMILES string of the molecule is O=C(CBr)c1csc(C(F)(F)F)c1. The fraction of sp³-hybridized carbons (Fsp3) is 0.286. The van der Waals surface area contributed by atoms with Gasteiger partial charge >= 0.3 is 6.18 Å². The molecular formula is C7H4BrF3OS. The van der Waals surface area contributed by atoms with Gasteiger partial charge in [-0.3, -0.25) is 4.79 Å². The lowest BCUT2D eigenvalue weighted by Crippen LogP contribution is -2.02. The topological polar surface area (TPSA) is 17.1 Å². The minimum Gasteiger partial charge on any atom is -0.293 e. The van der Waals surface area contributed by atoms with Crippen LogP contribution in [0.15, 0.2) is 11.4 Å². The Labute approximate surface area is 84.7 Å². The van der Waals surface area contributed by atoms with Crippen LogP contribution in [0.25, 0.3) is 0 Å². The van der Waals surface area contributed by atoms with Crippen LogP contribution >= 0.6 is 27.3 Å². The molecule has 0 fully saturated rings. The van der Waals surface area contributed by atoms with Gasteiger partial charge in [-0.15, -0.1) is 11.3 Å². The summed E-state index contributed by atoms with van der Waals surface area (Å²) in [5.41, 5.74) is 0.106. The summed E-state index contributed by atoms with van der Waals surface area (Å²) in [6.45, 7) is 0. The van der Waals surface area contributed by atoms with E-state index in [2.05, 4.69) is 15.9 Å². The van der Waals surface area contributed by atoms with Gasteiger partial charge in [0.2, 0.25) is 0 Å². The van der Waals surface area contributed by atoms with E-state index in [4.69, 9.17) is 0 Å². The Hall–Kier alpha value is -0.360. The van der Waals surface area contributed by atoms with Crippen LogP contribution in [-0.4, -0.2) is 11.1 Å². The van der Waals surface area contributed by atoms with Crippen molar-refractivity contribution in [3.63, 3.8) is 0 Å². The second-order valence-electron chi connectivity index (χ2n) is 2.25. The first-order valence-electron chi connectivity index (χ1n) is 3.20. The van der Waals surface area contributed by atoms with Gasteiger partial charge in [-0.05, 0) is 6.07 Å². The smallest absolute Gasteiger partial charge is 0.293 e. The van der Waals surface area contributed by atoms with Crippen molar-refractivity contribution < 1.29 is 18.0 Å². The molecule has 0 atom stereocenters. The Bertz CT molecular complexity index is 318. The molecule has 1 heterocycles. The summed E-state index contributed by atoms with van der Waals surface area (Å²) >= 11 is 3.42. The predicted octanol–water partition coefficient (Wildman–Crippen LogP) is 3.34. The number of carbonyl (C=O) groups excluding carboxylic acids is 1. The van der Waals surface area contributed by atoms with E-state index in [1.165, 1.54) is 5.38 Å². The van der Waals surface area contributed by atoms with E-state index in [1.807, 2.05) is 0 Å². The first-order chi connectivity index (χ1) is 5.95. The lowest BCUT2D eigenvalue weighted by atomic mass is 10.2. The zero-order valence-electron chi connectivity index (χ0n) is 6.19. The number of hydrogen-bond donors (Lipinski definition) is 0. The summed E-state index contributed by atoms with van der Waals surface area (Å²) in [6.07, 6.45) is -4.35. The van der Waals surface area contributed by atoms with E-state index in [1.54, 1.807) is 0 Å². The number of carbonyl (C=O) groups is 1. The Kier molecular flexibility index (Phi) is 3.13. The first kappa shape index (κ1) is 10.7. The average molecular weight is 273 g/mol. The minimum atomic E-state index is -4.35. The third-order valence-electron chi connectivity index (χ3n) is 1.32. The van der Waals surface area contributed by atoms with E-state index in [0.717, 1.165) is 6.07 Å². The van der Waals surface area contributed by atoms with Gasteiger partial charge in [-0.25, -0.2) is 0 Å². The van der Waals surface area contributed by atoms with Crippen molar-refractivity contribution in [1.29, 1.82) is 0 Å². The lowest BCUT2D eigenvalue weighted by Gasteiger charge is -2.00. The molecule has 0 aliphatic heterocycles. The molecule has 0 saturated heterocycles. The van der Waals surface area contributed by atoms with Crippen LogP contribution in [0.2, 0.25) is 0 Å². The van der Waals surface area contributed by atoms with E-state index in [-0.39, 0.29) is 16.7 Å². The number of ketones is 1. The highest BCUT2D eigenvalue weighted by atomic mass is 79.9. The van der Waals surface area contributed by atoms with E-state index >= 15 is 0 Å². The van der Waals surface area contributed by atoms with Crippen molar-refractivity contribution in [2.45, 2.75) is 6.18 Å². The van der Waals surface area contributed by atoms with Crippen LogP contribution in [0.4, 0.5) is 13.2 Å². The molecule has 1 aromatic heterocycles. The summed E-state index contributed by atoms with van der Waals surface area (Å²) in [6, 6.07) is 0.869. The maximum Gasteiger partial charge on any atom is 0.425 e. The molecule has 0 bridgehead atoms. The van der Waals surface area contributed by atoms with Crippen LogP contribution in [0, 0.1) is 0 Å². The number of rotatable bonds is 2. The molecule has 72 valence electrons. The third-order valence-corrected chi connectivity index (χ3v) is 2.81. The molecular weight excluding hydrogens is 269 g/mol. The Morgan fingerprint density at radius 1 is 1.54 bits per heavy atom. The zero-order chi connectivity index (χ0) is 10.1. The molecule has 0 aliphatic carbocycles. The standard InChI is InChI=1S/C7H4BrF3OS/c8-2-5(12)4-1-6(13-3-4)7(9,10)11/h1,3H,2H2. The molecule has 0 aromatic carbocycles. The van der Waals surface area contributed by atoms with Gasteiger partial charge in [-0.1, -0.05) is 15.9 Å². The summed E-state index contributed by atoms with van der Waals surface area (Å²) in [4.78, 5) is 10.2. The molecule has 0 aliphatic rings. The second-order valence-corrected chi connectivity index (χ2v) is 3.73. The molecule has 1 nitrogen and oxygen atoms in total. The van der Waals surface area contributed by atoms with Crippen LogP contribution < -0.4 is 0 Å². The van der Waals surface area contributed by atoms with Crippen LogP contribution in [0.5, 0.6) is 0 Å². The predicted molar refractivity (Wildman–Crippen MR) is 47.4 cm³/mol. The fourth-order valence-electron chi connectivity index (χ4n) is 0.708. The Morgan fingerprint density at radius 2 is 2.15 bits per heavy atom. The molecule has 0 N–H and O–H groups in total. The van der Waals surface area contributed by atoms with Crippen molar-refractivity contribution in [2.24, 2.45) is 0 Å². The van der Waals surface area contributed by atoms with Crippen molar-refractivity contribution in [1.82, 2.24) is 0 Å². The monoisotopic (exact) mass is 272 g/mol. The normalized spacial score (nSPS) is 11.7. The van der Waals surface area contributed by atoms with Gasteiger partial charge in [0.1, 0.15) is 4.88 Å². The largest absolute Gasteiger partial charge is 0.425 e. The second kappa shape index (κ2) is 3.79. The Morgan fingerprint density at radius 3 is 2.54 bits per heavy atom. The highest BCUT2D eigenvalue weighted by molar-refractivity contribution is 9.09. The van der Waals surface area contributed by atoms with Crippen molar-refractivity contribution in [2.75, 3.05) is 5.33 Å². The summed E-state index contributed by atoms with van der Waals surface area (Å²) in [5, 5.41) is 1.26. The molecule has 0 unspecified atom stereocenters. The van der Waals surface area contributed by atoms with Crippen molar-refractivity contribution in [3.05, 3.63) is 21.9 Å². The summed E-state index contributed by atoms with van der Waals surface area (Å²) in [5.74, 6) is -0.341. The highest BCUT2D eigenvalue weighted by Gasteiger charge is 2.32. The maximum atomic E-state index is 12.1. The lowest BCUT2D eigenvalue weighted by molar-refractivity contribution is -0.134. The first-order valence-corrected chi connectivity index (χ1v) is 5.20. The molecule has 0 spiro atoms. The van der Waals surface area contributed by atoms with E-state index in [0.29, 0.717) is 11.3 Å². The number of hydrogen-bond acceptors (Lipinski definition) is 2. The molecule has 0 radical (unpaired) electrons. The summed E-state index contributed by atoms with van der Waals surface area (Å²) in [7, 11) is 0. The molecule has 1 aromatic rings. The van der Waals surface area contributed by atoms with Crippen molar-refractivity contribution >= 4 is 33.0 Å². The van der Waals surface area contributed by atoms with Gasteiger partial charge in [0.25, 0.3) is 0 Å². The van der Waals surface area contributed by atoms with Crippen LogP contribution in [-0.2, 0) is 6.18 Å². The van der Waals surface area contributed by atoms with Gasteiger partial charge in [-0.2, -0.15) is 13.2 Å². The quantitative estimate of drug-likeness (QED) is 0.596. The molecule has 13 heavy (non-hydrogen) atoms. The highest BCUT2D eigenvalue weighted by Crippen LogP contribution is 2.34. The number of thiophene rings is 1.